The highest BCUT2D eigenvalue weighted by Gasteiger charge is 2.48. The second-order valence-electron chi connectivity index (χ2n) is 9.37. The number of ether oxygens (including phenoxy) is 1. The fourth-order valence-electron chi connectivity index (χ4n) is 4.59. The van der Waals surface area contributed by atoms with Crippen molar-refractivity contribution in [3.63, 3.8) is 0 Å². The molecule has 188 valence electrons. The lowest BCUT2D eigenvalue weighted by Crippen LogP contribution is -2.29. The van der Waals surface area contributed by atoms with Crippen molar-refractivity contribution in [1.29, 1.82) is 0 Å². The predicted octanol–water partition coefficient (Wildman–Crippen LogP) is 6.62. The normalized spacial score (nSPS) is 17.2. The zero-order chi connectivity index (χ0) is 26.3. The van der Waals surface area contributed by atoms with E-state index in [1.165, 1.54) is 21.8 Å². The van der Waals surface area contributed by atoms with E-state index < -0.39 is 17.7 Å². The number of Topliss-reactive ketones (excluding diaryl/α,β-unsaturated/α-hetero) is 1. The number of aryl methyl sites for hydroxylation is 1. The van der Waals surface area contributed by atoms with Crippen LogP contribution in [0, 0.1) is 0 Å². The number of nitrogens with zero attached hydrogens (tertiary/aromatic N) is 2. The molecular formula is C30H28N2O4S. The Morgan fingerprint density at radius 1 is 1.05 bits per heavy atom. The maximum Gasteiger partial charge on any atom is 0.301 e. The molecule has 1 atom stereocenters. The number of aromatic nitrogens is 1. The summed E-state index contributed by atoms with van der Waals surface area (Å²) in [5.74, 6) is -0.714. The fraction of sp³-hybridized carbons (Fsp3) is 0.233. The SMILES string of the molecule is CCc1ccc2nc(N3C(=O)C(=O)/C(=C(/O)c4ccc(OC)cc4)[C@H]3c3ccc(C(C)C)cc3)sc2c1. The van der Waals surface area contributed by atoms with Gasteiger partial charge in [-0.3, -0.25) is 14.5 Å². The van der Waals surface area contributed by atoms with Crippen LogP contribution in [0.15, 0.2) is 72.3 Å². The molecule has 1 aliphatic heterocycles. The van der Waals surface area contributed by atoms with Crippen LogP contribution in [0.4, 0.5) is 5.13 Å². The summed E-state index contributed by atoms with van der Waals surface area (Å²) in [6.45, 7) is 6.30. The first-order valence-corrected chi connectivity index (χ1v) is 13.1. The van der Waals surface area contributed by atoms with E-state index in [1.54, 1.807) is 31.4 Å². The second-order valence-corrected chi connectivity index (χ2v) is 10.4. The average molecular weight is 513 g/mol. The summed E-state index contributed by atoms with van der Waals surface area (Å²) >= 11 is 1.37. The van der Waals surface area contributed by atoms with Crippen LogP contribution in [0.1, 0.15) is 55.0 Å². The molecule has 0 aliphatic carbocycles. The second kappa shape index (κ2) is 9.82. The molecule has 5 rings (SSSR count). The number of rotatable bonds is 6. The van der Waals surface area contributed by atoms with Gasteiger partial charge in [0.1, 0.15) is 11.5 Å². The Hall–Kier alpha value is -3.97. The molecule has 6 nitrogen and oxygen atoms in total. The number of amides is 1. The number of methoxy groups -OCH3 is 1. The van der Waals surface area contributed by atoms with Crippen LogP contribution >= 0.6 is 11.3 Å². The minimum atomic E-state index is -0.811. The monoisotopic (exact) mass is 512 g/mol. The van der Waals surface area contributed by atoms with Gasteiger partial charge in [-0.15, -0.1) is 0 Å². The summed E-state index contributed by atoms with van der Waals surface area (Å²) in [6.07, 6.45) is 0.887. The third kappa shape index (κ3) is 4.40. The molecule has 4 aromatic rings. The number of ketones is 1. The molecule has 3 aromatic carbocycles. The number of aliphatic hydroxyl groups is 1. The Kier molecular flexibility index (Phi) is 6.56. The van der Waals surface area contributed by atoms with Crippen molar-refractivity contribution in [2.45, 2.75) is 39.2 Å². The van der Waals surface area contributed by atoms with Gasteiger partial charge in [-0.1, -0.05) is 62.4 Å². The number of hydrogen-bond acceptors (Lipinski definition) is 6. The van der Waals surface area contributed by atoms with Crippen molar-refractivity contribution in [2.75, 3.05) is 12.0 Å². The number of carbonyl (C=O) groups excluding carboxylic acids is 2. The molecule has 2 heterocycles. The average Bonchev–Trinajstić information content (AvgIpc) is 3.45. The molecule has 37 heavy (non-hydrogen) atoms. The van der Waals surface area contributed by atoms with Crippen molar-refractivity contribution >= 4 is 44.1 Å². The van der Waals surface area contributed by atoms with Crippen molar-refractivity contribution in [2.24, 2.45) is 0 Å². The number of thiazole rings is 1. The molecule has 0 radical (unpaired) electrons. The van der Waals surface area contributed by atoms with Gasteiger partial charge in [0.15, 0.2) is 5.13 Å². The highest BCUT2D eigenvalue weighted by molar-refractivity contribution is 7.22. The third-order valence-electron chi connectivity index (χ3n) is 6.78. The van der Waals surface area contributed by atoms with Crippen molar-refractivity contribution in [3.8, 4) is 5.75 Å². The van der Waals surface area contributed by atoms with Crippen molar-refractivity contribution in [1.82, 2.24) is 4.98 Å². The van der Waals surface area contributed by atoms with Gasteiger partial charge in [0, 0.05) is 5.56 Å². The van der Waals surface area contributed by atoms with Gasteiger partial charge < -0.3 is 9.84 Å². The van der Waals surface area contributed by atoms with Gasteiger partial charge >= 0.3 is 5.91 Å². The molecule has 1 saturated heterocycles. The molecule has 0 saturated carbocycles. The number of benzene rings is 3. The molecular weight excluding hydrogens is 484 g/mol. The lowest BCUT2D eigenvalue weighted by molar-refractivity contribution is -0.132. The summed E-state index contributed by atoms with van der Waals surface area (Å²) < 4.78 is 6.16. The predicted molar refractivity (Wildman–Crippen MR) is 147 cm³/mol. The van der Waals surface area contributed by atoms with E-state index in [1.807, 2.05) is 36.4 Å². The van der Waals surface area contributed by atoms with Crippen LogP contribution in [-0.2, 0) is 16.0 Å². The largest absolute Gasteiger partial charge is 0.507 e. The molecule has 0 bridgehead atoms. The third-order valence-corrected chi connectivity index (χ3v) is 7.80. The van der Waals surface area contributed by atoms with Gasteiger partial charge in [-0.05, 0) is 65.4 Å². The van der Waals surface area contributed by atoms with E-state index in [9.17, 15) is 14.7 Å². The smallest absolute Gasteiger partial charge is 0.301 e. The zero-order valence-corrected chi connectivity index (χ0v) is 22.0. The molecule has 0 spiro atoms. The van der Waals surface area contributed by atoms with Gasteiger partial charge in [0.05, 0.1) is 28.9 Å². The molecule has 1 N–H and O–H groups in total. The number of carbonyl (C=O) groups is 2. The quantitative estimate of drug-likeness (QED) is 0.178. The fourth-order valence-corrected chi connectivity index (χ4v) is 5.65. The Balaban J connectivity index is 1.69. The number of hydrogen-bond donors (Lipinski definition) is 1. The Labute approximate surface area is 219 Å². The Morgan fingerprint density at radius 3 is 2.38 bits per heavy atom. The lowest BCUT2D eigenvalue weighted by Gasteiger charge is -2.23. The van der Waals surface area contributed by atoms with Gasteiger partial charge in [0.25, 0.3) is 5.78 Å². The van der Waals surface area contributed by atoms with Crippen LogP contribution in [0.3, 0.4) is 0 Å². The van der Waals surface area contributed by atoms with Crippen LogP contribution in [-0.4, -0.2) is 28.9 Å². The summed E-state index contributed by atoms with van der Waals surface area (Å²) in [7, 11) is 1.56. The van der Waals surface area contributed by atoms with Crippen LogP contribution in [0.5, 0.6) is 5.75 Å². The van der Waals surface area contributed by atoms with Crippen molar-refractivity contribution in [3.05, 3.63) is 94.6 Å². The maximum absolute atomic E-state index is 13.5. The molecule has 1 aromatic heterocycles. The molecule has 0 unspecified atom stereocenters. The topological polar surface area (TPSA) is 79.7 Å². The standard InChI is InChI=1S/C30H28N2O4S/c1-5-18-6-15-23-24(16-18)37-30(31-23)32-26(20-9-7-19(8-10-20)17(2)3)25(28(34)29(32)35)27(33)21-11-13-22(36-4)14-12-21/h6-17,26,33H,5H2,1-4H3/b27-25+/t26-/m1/s1. The minimum Gasteiger partial charge on any atom is -0.507 e. The molecule has 1 amide bonds. The number of fused-ring (bicyclic) bond motifs is 1. The van der Waals surface area contributed by atoms with Crippen LogP contribution in [0.2, 0.25) is 0 Å². The number of aliphatic hydroxyl groups excluding tert-OH is 1. The first kappa shape index (κ1) is 24.7. The van der Waals surface area contributed by atoms with Gasteiger partial charge in [-0.25, -0.2) is 4.98 Å². The summed E-state index contributed by atoms with van der Waals surface area (Å²) in [5, 5.41) is 11.8. The lowest BCUT2D eigenvalue weighted by atomic mass is 9.93. The summed E-state index contributed by atoms with van der Waals surface area (Å²) in [4.78, 5) is 33.1. The van der Waals surface area contributed by atoms with Gasteiger partial charge in [0.2, 0.25) is 0 Å². The van der Waals surface area contributed by atoms with E-state index in [0.717, 1.165) is 27.8 Å². The maximum atomic E-state index is 13.5. The molecule has 1 aliphatic rings. The Bertz CT molecular complexity index is 1520. The van der Waals surface area contributed by atoms with E-state index in [4.69, 9.17) is 9.72 Å². The molecule has 7 heteroatoms. The van der Waals surface area contributed by atoms with E-state index in [0.29, 0.717) is 22.4 Å². The van der Waals surface area contributed by atoms with E-state index in [2.05, 4.69) is 26.8 Å². The van der Waals surface area contributed by atoms with E-state index >= 15 is 0 Å². The zero-order valence-electron chi connectivity index (χ0n) is 21.2. The highest BCUT2D eigenvalue weighted by Crippen LogP contribution is 2.44. The van der Waals surface area contributed by atoms with Gasteiger partial charge in [-0.2, -0.15) is 0 Å². The first-order chi connectivity index (χ1) is 17.8. The number of anilines is 1. The summed E-state index contributed by atoms with van der Waals surface area (Å²) in [5.41, 5.74) is 4.28. The van der Waals surface area contributed by atoms with Crippen LogP contribution < -0.4 is 9.64 Å². The van der Waals surface area contributed by atoms with Crippen molar-refractivity contribution < 1.29 is 19.4 Å². The Morgan fingerprint density at radius 2 is 1.76 bits per heavy atom. The summed E-state index contributed by atoms with van der Waals surface area (Å²) in [6, 6.07) is 19.8. The minimum absolute atomic E-state index is 0.0426. The molecule has 1 fully saturated rings. The van der Waals surface area contributed by atoms with Crippen LogP contribution in [0.25, 0.3) is 16.0 Å². The van der Waals surface area contributed by atoms with E-state index in [-0.39, 0.29) is 11.3 Å². The first-order valence-electron chi connectivity index (χ1n) is 12.3. The highest BCUT2D eigenvalue weighted by atomic mass is 32.1.